The van der Waals surface area contributed by atoms with Gasteiger partial charge in [-0.1, -0.05) is 6.07 Å². The lowest BCUT2D eigenvalue weighted by atomic mass is 10.3. The molecule has 0 saturated carbocycles. The molecular formula is C17H21N7O2S2. The van der Waals surface area contributed by atoms with Crippen LogP contribution in [0.2, 0.25) is 0 Å². The highest BCUT2D eigenvalue weighted by atomic mass is 32.2. The van der Waals surface area contributed by atoms with Crippen LogP contribution >= 0.6 is 11.7 Å². The van der Waals surface area contributed by atoms with E-state index < -0.39 is 10.0 Å². The fraction of sp³-hybridized carbons (Fsp3) is 0.412. The Hall–Kier alpha value is -2.37. The first-order valence-electron chi connectivity index (χ1n) is 9.08. The van der Waals surface area contributed by atoms with E-state index in [1.54, 1.807) is 12.1 Å². The van der Waals surface area contributed by atoms with Crippen LogP contribution in [0.25, 0.3) is 11.0 Å². The summed E-state index contributed by atoms with van der Waals surface area (Å²) >= 11 is 0.997. The molecule has 0 amide bonds. The van der Waals surface area contributed by atoms with Crippen LogP contribution in [0.1, 0.15) is 18.5 Å². The van der Waals surface area contributed by atoms with Crippen LogP contribution in [0, 0.1) is 6.92 Å². The van der Waals surface area contributed by atoms with Crippen LogP contribution in [0.5, 0.6) is 0 Å². The maximum absolute atomic E-state index is 12.6. The number of aryl methyl sites for hydroxylation is 1. The van der Waals surface area contributed by atoms with E-state index >= 15 is 0 Å². The Kier molecular flexibility index (Phi) is 5.38. The van der Waals surface area contributed by atoms with Crippen LogP contribution in [0.15, 0.2) is 29.2 Å². The van der Waals surface area contributed by atoms with E-state index in [4.69, 9.17) is 0 Å². The number of hydrogen-bond donors (Lipinski definition) is 2. The molecule has 1 aliphatic rings. The van der Waals surface area contributed by atoms with Crippen molar-refractivity contribution in [2.24, 2.45) is 0 Å². The second kappa shape index (κ2) is 7.94. The Morgan fingerprint density at radius 2 is 1.96 bits per heavy atom. The number of fused-ring (bicyclic) bond motifs is 1. The molecule has 0 spiro atoms. The van der Waals surface area contributed by atoms with E-state index in [-0.39, 0.29) is 11.4 Å². The molecule has 0 radical (unpaired) electrons. The Morgan fingerprint density at radius 1 is 1.14 bits per heavy atom. The second-order valence-corrected chi connectivity index (χ2v) is 8.86. The number of nitrogens with zero attached hydrogens (tertiary/aromatic N) is 5. The molecule has 0 bridgehead atoms. The summed E-state index contributed by atoms with van der Waals surface area (Å²) < 4.78 is 36.0. The molecule has 3 aromatic rings. The molecular weight excluding hydrogens is 398 g/mol. The molecule has 0 atom stereocenters. The summed E-state index contributed by atoms with van der Waals surface area (Å²) in [6, 6.07) is 6.91. The van der Waals surface area contributed by atoms with Crippen LogP contribution in [0.3, 0.4) is 0 Å². The van der Waals surface area contributed by atoms with E-state index in [0.717, 1.165) is 36.3 Å². The Labute approximate surface area is 167 Å². The average molecular weight is 420 g/mol. The van der Waals surface area contributed by atoms with Gasteiger partial charge in [-0.15, -0.1) is 0 Å². The van der Waals surface area contributed by atoms with E-state index in [1.165, 1.54) is 18.9 Å². The van der Waals surface area contributed by atoms with E-state index in [2.05, 4.69) is 33.7 Å². The third kappa shape index (κ3) is 4.05. The van der Waals surface area contributed by atoms with Gasteiger partial charge in [0.2, 0.25) is 16.0 Å². The molecule has 9 nitrogen and oxygen atoms in total. The number of anilines is 2. The lowest BCUT2D eigenvalue weighted by molar-refractivity contribution is 0.583. The summed E-state index contributed by atoms with van der Waals surface area (Å²) in [7, 11) is -3.68. The Morgan fingerprint density at radius 3 is 2.79 bits per heavy atom. The predicted octanol–water partition coefficient (Wildman–Crippen LogP) is 1.78. The van der Waals surface area contributed by atoms with Crippen molar-refractivity contribution >= 4 is 44.6 Å². The molecule has 1 saturated heterocycles. The van der Waals surface area contributed by atoms with Gasteiger partial charge in [0.1, 0.15) is 21.7 Å². The Bertz CT molecular complexity index is 1080. The number of benzene rings is 1. The first-order valence-corrected chi connectivity index (χ1v) is 11.3. The van der Waals surface area contributed by atoms with Gasteiger partial charge in [-0.3, -0.25) is 0 Å². The molecule has 0 unspecified atom stereocenters. The van der Waals surface area contributed by atoms with E-state index in [1.807, 2.05) is 13.0 Å². The van der Waals surface area contributed by atoms with Gasteiger partial charge in [-0.05, 0) is 31.9 Å². The molecule has 4 rings (SSSR count). The zero-order valence-electron chi connectivity index (χ0n) is 15.4. The molecule has 148 valence electrons. The van der Waals surface area contributed by atoms with Crippen molar-refractivity contribution < 1.29 is 8.42 Å². The minimum Gasteiger partial charge on any atom is -0.356 e. The molecule has 2 aromatic heterocycles. The monoisotopic (exact) mass is 419 g/mol. The first-order chi connectivity index (χ1) is 13.5. The molecule has 0 aliphatic carbocycles. The molecule has 1 aromatic carbocycles. The number of rotatable bonds is 7. The first kappa shape index (κ1) is 19.0. The smallest absolute Gasteiger partial charge is 0.242 e. The summed E-state index contributed by atoms with van der Waals surface area (Å²) in [6.45, 7) is 4.51. The van der Waals surface area contributed by atoms with E-state index in [9.17, 15) is 8.42 Å². The normalized spacial score (nSPS) is 14.7. The Balaban J connectivity index is 1.38. The standard InChI is InChI=1S/C17H21N7O2S2/c1-12-11-15(24-9-2-3-10-24)21-17(20-12)18-7-8-19-28(25,26)14-6-4-5-13-16(14)23-27-22-13/h4-6,11,19H,2-3,7-10H2,1H3,(H,18,20,21). The third-order valence-electron chi connectivity index (χ3n) is 4.51. The highest BCUT2D eigenvalue weighted by Gasteiger charge is 2.19. The van der Waals surface area contributed by atoms with Crippen molar-refractivity contribution in [2.75, 3.05) is 36.4 Å². The lowest BCUT2D eigenvalue weighted by Crippen LogP contribution is -2.29. The van der Waals surface area contributed by atoms with Crippen molar-refractivity contribution in [3.8, 4) is 0 Å². The van der Waals surface area contributed by atoms with Gasteiger partial charge in [0.05, 0.1) is 11.7 Å². The molecule has 28 heavy (non-hydrogen) atoms. The van der Waals surface area contributed by atoms with Crippen molar-refractivity contribution in [3.63, 3.8) is 0 Å². The molecule has 1 fully saturated rings. The number of hydrogen-bond acceptors (Lipinski definition) is 9. The van der Waals surface area contributed by atoms with Gasteiger partial charge in [0.25, 0.3) is 0 Å². The quantitative estimate of drug-likeness (QED) is 0.557. The molecule has 3 heterocycles. The van der Waals surface area contributed by atoms with Gasteiger partial charge < -0.3 is 10.2 Å². The fourth-order valence-electron chi connectivity index (χ4n) is 3.17. The number of sulfonamides is 1. The highest BCUT2D eigenvalue weighted by Crippen LogP contribution is 2.21. The topological polar surface area (TPSA) is 113 Å². The molecule has 1 aliphatic heterocycles. The van der Waals surface area contributed by atoms with Crippen LogP contribution in [-0.4, -0.2) is 53.3 Å². The van der Waals surface area contributed by atoms with Crippen molar-refractivity contribution in [1.29, 1.82) is 0 Å². The van der Waals surface area contributed by atoms with Gasteiger partial charge in [-0.2, -0.15) is 13.7 Å². The van der Waals surface area contributed by atoms with Gasteiger partial charge >= 0.3 is 0 Å². The predicted molar refractivity (Wildman–Crippen MR) is 109 cm³/mol. The lowest BCUT2D eigenvalue weighted by Gasteiger charge is -2.17. The van der Waals surface area contributed by atoms with Crippen LogP contribution in [-0.2, 0) is 10.0 Å². The number of aromatic nitrogens is 4. The third-order valence-corrected chi connectivity index (χ3v) is 6.54. The largest absolute Gasteiger partial charge is 0.356 e. The minimum absolute atomic E-state index is 0.141. The second-order valence-electron chi connectivity index (χ2n) is 6.60. The van der Waals surface area contributed by atoms with E-state index in [0.29, 0.717) is 23.5 Å². The van der Waals surface area contributed by atoms with Crippen molar-refractivity contribution in [1.82, 2.24) is 23.4 Å². The summed E-state index contributed by atoms with van der Waals surface area (Å²) in [6.07, 6.45) is 2.35. The zero-order valence-corrected chi connectivity index (χ0v) is 17.1. The maximum atomic E-state index is 12.6. The van der Waals surface area contributed by atoms with Gasteiger partial charge in [0, 0.05) is 37.9 Å². The number of nitrogens with one attached hydrogen (secondary N) is 2. The summed E-state index contributed by atoms with van der Waals surface area (Å²) in [5.41, 5.74) is 1.85. The van der Waals surface area contributed by atoms with Crippen molar-refractivity contribution in [3.05, 3.63) is 30.0 Å². The molecule has 2 N–H and O–H groups in total. The maximum Gasteiger partial charge on any atom is 0.242 e. The average Bonchev–Trinajstić information content (AvgIpc) is 3.36. The zero-order chi connectivity index (χ0) is 19.6. The SMILES string of the molecule is Cc1cc(N2CCCC2)nc(NCCNS(=O)(=O)c2cccc3nsnc23)n1. The summed E-state index contributed by atoms with van der Waals surface area (Å²) in [5.74, 6) is 1.42. The minimum atomic E-state index is -3.68. The molecule has 11 heteroatoms. The van der Waals surface area contributed by atoms with Gasteiger partial charge in [0.15, 0.2) is 0 Å². The summed E-state index contributed by atoms with van der Waals surface area (Å²) in [4.78, 5) is 11.3. The van der Waals surface area contributed by atoms with Crippen LogP contribution in [0.4, 0.5) is 11.8 Å². The fourth-order valence-corrected chi connectivity index (χ4v) is 4.97. The summed E-state index contributed by atoms with van der Waals surface area (Å²) in [5, 5.41) is 3.10. The van der Waals surface area contributed by atoms with Gasteiger partial charge in [-0.25, -0.2) is 18.1 Å². The van der Waals surface area contributed by atoms with Crippen molar-refractivity contribution in [2.45, 2.75) is 24.7 Å². The highest BCUT2D eigenvalue weighted by molar-refractivity contribution is 7.89. The van der Waals surface area contributed by atoms with Crippen LogP contribution < -0.4 is 14.9 Å².